The zero-order valence-corrected chi connectivity index (χ0v) is 12.9. The van der Waals surface area contributed by atoms with E-state index in [1.165, 1.54) is 7.11 Å². The normalized spacial score (nSPS) is 12.8. The molecule has 0 saturated carbocycles. The fourth-order valence-electron chi connectivity index (χ4n) is 2.09. The van der Waals surface area contributed by atoms with Gasteiger partial charge >= 0.3 is 5.97 Å². The maximum atomic E-state index is 11.5. The van der Waals surface area contributed by atoms with Gasteiger partial charge in [0.25, 0.3) is 0 Å². The molecule has 4 nitrogen and oxygen atoms in total. The van der Waals surface area contributed by atoms with Gasteiger partial charge in [0.15, 0.2) is 6.10 Å². The maximum absolute atomic E-state index is 11.5. The summed E-state index contributed by atoms with van der Waals surface area (Å²) in [5, 5.41) is 4.02. The lowest BCUT2D eigenvalue weighted by molar-refractivity contribution is -0.147. The SMILES string of the molecule is COC(=O)[C@@H](C)Oc1cc2sc(C)nc2c2sccc12. The van der Waals surface area contributed by atoms with Crippen LogP contribution in [0.1, 0.15) is 11.9 Å². The highest BCUT2D eigenvalue weighted by atomic mass is 32.1. The second-order valence-electron chi connectivity index (χ2n) is 4.40. The van der Waals surface area contributed by atoms with Gasteiger partial charge in [0, 0.05) is 11.5 Å². The fraction of sp³-hybridized carbons (Fsp3) is 0.286. The molecule has 0 saturated heterocycles. The quantitative estimate of drug-likeness (QED) is 0.691. The summed E-state index contributed by atoms with van der Waals surface area (Å²) < 4.78 is 12.6. The Bertz CT molecular complexity index is 790. The summed E-state index contributed by atoms with van der Waals surface area (Å²) in [6.45, 7) is 3.67. The number of benzene rings is 1. The van der Waals surface area contributed by atoms with Crippen molar-refractivity contribution in [3.63, 3.8) is 0 Å². The van der Waals surface area contributed by atoms with Crippen molar-refractivity contribution < 1.29 is 14.3 Å². The number of esters is 1. The second kappa shape index (κ2) is 5.03. The Labute approximate surface area is 124 Å². The molecule has 0 aliphatic carbocycles. The lowest BCUT2D eigenvalue weighted by Gasteiger charge is -2.13. The van der Waals surface area contributed by atoms with Crippen LogP contribution < -0.4 is 4.74 Å². The smallest absolute Gasteiger partial charge is 0.346 e. The van der Waals surface area contributed by atoms with E-state index in [-0.39, 0.29) is 5.97 Å². The molecule has 3 aromatic rings. The van der Waals surface area contributed by atoms with Crippen LogP contribution in [-0.4, -0.2) is 24.2 Å². The lowest BCUT2D eigenvalue weighted by Crippen LogP contribution is -2.24. The number of fused-ring (bicyclic) bond motifs is 3. The Hall–Kier alpha value is -1.66. The van der Waals surface area contributed by atoms with Crippen molar-refractivity contribution in [1.29, 1.82) is 0 Å². The van der Waals surface area contributed by atoms with Crippen molar-refractivity contribution in [2.24, 2.45) is 0 Å². The molecule has 6 heteroatoms. The molecule has 0 unspecified atom stereocenters. The summed E-state index contributed by atoms with van der Waals surface area (Å²) in [7, 11) is 1.36. The van der Waals surface area contributed by atoms with Crippen LogP contribution in [0.4, 0.5) is 0 Å². The van der Waals surface area contributed by atoms with Crippen LogP contribution >= 0.6 is 22.7 Å². The second-order valence-corrected chi connectivity index (χ2v) is 6.55. The number of thiophene rings is 1. The summed E-state index contributed by atoms with van der Waals surface area (Å²) in [4.78, 5) is 16.1. The van der Waals surface area contributed by atoms with Gasteiger partial charge in [-0.2, -0.15) is 0 Å². The van der Waals surface area contributed by atoms with E-state index in [0.717, 1.165) is 25.3 Å². The van der Waals surface area contributed by atoms with Gasteiger partial charge in [0.1, 0.15) is 5.75 Å². The number of nitrogens with zero attached hydrogens (tertiary/aromatic N) is 1. The number of aromatic nitrogens is 1. The lowest BCUT2D eigenvalue weighted by atomic mass is 10.2. The predicted molar refractivity (Wildman–Crippen MR) is 81.8 cm³/mol. The number of carbonyl (C=O) groups excluding carboxylic acids is 1. The molecule has 0 bridgehead atoms. The first-order valence-corrected chi connectivity index (χ1v) is 7.81. The summed E-state index contributed by atoms with van der Waals surface area (Å²) in [6, 6.07) is 3.95. The van der Waals surface area contributed by atoms with E-state index in [1.54, 1.807) is 29.6 Å². The van der Waals surface area contributed by atoms with Crippen LogP contribution in [-0.2, 0) is 9.53 Å². The molecule has 0 amide bonds. The monoisotopic (exact) mass is 307 g/mol. The van der Waals surface area contributed by atoms with Crippen LogP contribution in [0, 0.1) is 6.92 Å². The minimum atomic E-state index is -0.630. The van der Waals surface area contributed by atoms with Crippen molar-refractivity contribution in [3.05, 3.63) is 22.5 Å². The number of hydrogen-bond donors (Lipinski definition) is 0. The molecule has 1 atom stereocenters. The Balaban J connectivity index is 2.13. The first-order chi connectivity index (χ1) is 9.60. The Kier molecular flexibility index (Phi) is 3.35. The molecule has 0 fully saturated rings. The van der Waals surface area contributed by atoms with Crippen molar-refractivity contribution in [1.82, 2.24) is 4.98 Å². The molecule has 2 heterocycles. The zero-order chi connectivity index (χ0) is 14.3. The van der Waals surface area contributed by atoms with E-state index in [4.69, 9.17) is 9.47 Å². The highest BCUT2D eigenvalue weighted by molar-refractivity contribution is 7.21. The van der Waals surface area contributed by atoms with Crippen LogP contribution in [0.15, 0.2) is 17.5 Å². The van der Waals surface area contributed by atoms with Crippen molar-refractivity contribution in [2.75, 3.05) is 7.11 Å². The molecule has 1 aromatic carbocycles. The average Bonchev–Trinajstić information content (AvgIpc) is 3.03. The van der Waals surface area contributed by atoms with Crippen LogP contribution in [0.25, 0.3) is 20.3 Å². The number of thiazole rings is 1. The number of rotatable bonds is 3. The minimum absolute atomic E-state index is 0.381. The van der Waals surface area contributed by atoms with Gasteiger partial charge in [-0.25, -0.2) is 9.78 Å². The number of carbonyl (C=O) groups is 1. The molecule has 20 heavy (non-hydrogen) atoms. The molecule has 0 aliphatic heterocycles. The molecule has 2 aromatic heterocycles. The molecule has 104 valence electrons. The van der Waals surface area contributed by atoms with E-state index >= 15 is 0 Å². The Morgan fingerprint density at radius 3 is 3.00 bits per heavy atom. The van der Waals surface area contributed by atoms with Gasteiger partial charge in [-0.15, -0.1) is 22.7 Å². The van der Waals surface area contributed by atoms with E-state index < -0.39 is 6.10 Å². The summed E-state index contributed by atoms with van der Waals surface area (Å²) >= 11 is 3.26. The number of methoxy groups -OCH3 is 1. The fourth-order valence-corrected chi connectivity index (χ4v) is 3.92. The van der Waals surface area contributed by atoms with Gasteiger partial charge in [0.05, 0.1) is 27.0 Å². The van der Waals surface area contributed by atoms with Crippen LogP contribution in [0.5, 0.6) is 5.75 Å². The predicted octanol–water partition coefficient (Wildman–Crippen LogP) is 3.76. The number of hydrogen-bond acceptors (Lipinski definition) is 6. The molecule has 0 N–H and O–H groups in total. The van der Waals surface area contributed by atoms with Crippen molar-refractivity contribution in [3.8, 4) is 5.75 Å². The topological polar surface area (TPSA) is 48.4 Å². The molecule has 3 rings (SSSR count). The largest absolute Gasteiger partial charge is 0.478 e. The van der Waals surface area contributed by atoms with Gasteiger partial charge in [-0.05, 0) is 25.3 Å². The molecule has 0 aliphatic rings. The summed E-state index contributed by atoms with van der Waals surface area (Å²) in [5.41, 5.74) is 1.01. The highest BCUT2D eigenvalue weighted by Crippen LogP contribution is 2.39. The molecular weight excluding hydrogens is 294 g/mol. The first-order valence-electron chi connectivity index (χ1n) is 6.12. The summed E-state index contributed by atoms with van der Waals surface area (Å²) in [6.07, 6.45) is -0.630. The Morgan fingerprint density at radius 2 is 2.25 bits per heavy atom. The highest BCUT2D eigenvalue weighted by Gasteiger charge is 2.18. The standard InChI is InChI=1S/C14H13NO3S2/c1-7(14(16)17-3)18-10-6-11-12(15-8(2)20-11)13-9(10)4-5-19-13/h4-7H,1-3H3/t7-/m1/s1. The van der Waals surface area contributed by atoms with Gasteiger partial charge in [0.2, 0.25) is 0 Å². The Morgan fingerprint density at radius 1 is 1.45 bits per heavy atom. The van der Waals surface area contributed by atoms with Crippen LogP contribution in [0.3, 0.4) is 0 Å². The third-order valence-corrected chi connectivity index (χ3v) is 4.84. The maximum Gasteiger partial charge on any atom is 0.346 e. The average molecular weight is 307 g/mol. The van der Waals surface area contributed by atoms with E-state index in [2.05, 4.69) is 4.98 Å². The summed E-state index contributed by atoms with van der Waals surface area (Å²) in [5.74, 6) is 0.323. The van der Waals surface area contributed by atoms with Gasteiger partial charge < -0.3 is 9.47 Å². The third-order valence-electron chi connectivity index (χ3n) is 3.01. The molecule has 0 radical (unpaired) electrons. The van der Waals surface area contributed by atoms with E-state index in [0.29, 0.717) is 5.75 Å². The molecular formula is C14H13NO3S2. The van der Waals surface area contributed by atoms with Crippen molar-refractivity contribution in [2.45, 2.75) is 20.0 Å². The third kappa shape index (κ3) is 2.14. The van der Waals surface area contributed by atoms with E-state index in [9.17, 15) is 4.79 Å². The van der Waals surface area contributed by atoms with Gasteiger partial charge in [-0.3, -0.25) is 0 Å². The van der Waals surface area contributed by atoms with E-state index in [1.807, 2.05) is 24.4 Å². The zero-order valence-electron chi connectivity index (χ0n) is 11.3. The number of ether oxygens (including phenoxy) is 2. The van der Waals surface area contributed by atoms with Crippen LogP contribution in [0.2, 0.25) is 0 Å². The number of aryl methyl sites for hydroxylation is 1. The minimum Gasteiger partial charge on any atom is -0.478 e. The van der Waals surface area contributed by atoms with Gasteiger partial charge in [-0.1, -0.05) is 0 Å². The first kappa shape index (κ1) is 13.3. The van der Waals surface area contributed by atoms with Crippen molar-refractivity contribution >= 4 is 48.9 Å². The molecule has 0 spiro atoms.